The lowest BCUT2D eigenvalue weighted by Gasteiger charge is -2.30. The van der Waals surface area contributed by atoms with Gasteiger partial charge in [-0.2, -0.15) is 0 Å². The van der Waals surface area contributed by atoms with Crippen LogP contribution in [0, 0.1) is 0 Å². The van der Waals surface area contributed by atoms with Crippen LogP contribution in [-0.2, 0) is 0 Å². The maximum Gasteiger partial charge on any atom is 0.171 e. The number of rotatable bonds is 2. The van der Waals surface area contributed by atoms with Crippen LogP contribution in [0.1, 0.15) is 19.4 Å². The molecule has 0 bridgehead atoms. The molecule has 18 heavy (non-hydrogen) atoms. The van der Waals surface area contributed by atoms with Gasteiger partial charge in [0.2, 0.25) is 0 Å². The van der Waals surface area contributed by atoms with Crippen molar-refractivity contribution < 1.29 is 0 Å². The van der Waals surface area contributed by atoms with Crippen molar-refractivity contribution in [3.63, 3.8) is 0 Å². The third-order valence-electron chi connectivity index (χ3n) is 2.54. The lowest BCUT2D eigenvalue weighted by Crippen LogP contribution is -2.51. The molecule has 94 valence electrons. The van der Waals surface area contributed by atoms with Crippen molar-refractivity contribution in [1.29, 1.82) is 0 Å². The highest BCUT2D eigenvalue weighted by Crippen LogP contribution is 2.15. The van der Waals surface area contributed by atoms with Gasteiger partial charge in [0.15, 0.2) is 5.11 Å². The van der Waals surface area contributed by atoms with Gasteiger partial charge < -0.3 is 10.6 Å². The average molecular weight is 279 g/mol. The normalized spacial score (nSPS) is 18.2. The molecule has 0 aliphatic carbocycles. The Balaban J connectivity index is 2.16. The minimum Gasteiger partial charge on any atom is -0.354 e. The highest BCUT2D eigenvalue weighted by atomic mass is 35.5. The van der Waals surface area contributed by atoms with Crippen LogP contribution < -0.4 is 10.6 Å². The Bertz CT molecular complexity index is 515. The molecule has 0 aromatic heterocycles. The summed E-state index contributed by atoms with van der Waals surface area (Å²) in [6, 6.07) is 7.70. The quantitative estimate of drug-likeness (QED) is 0.810. The molecule has 1 heterocycles. The molecule has 0 saturated heterocycles. The molecule has 0 saturated carbocycles. The Morgan fingerprint density at radius 2 is 1.83 bits per heavy atom. The summed E-state index contributed by atoms with van der Waals surface area (Å²) in [5.41, 5.74) is 1.98. The number of benzene rings is 1. The Kier molecular flexibility index (Phi) is 3.73. The smallest absolute Gasteiger partial charge is 0.171 e. The van der Waals surface area contributed by atoms with Gasteiger partial charge in [-0.1, -0.05) is 29.8 Å². The van der Waals surface area contributed by atoms with E-state index in [1.807, 2.05) is 36.4 Å². The summed E-state index contributed by atoms with van der Waals surface area (Å²) in [4.78, 5) is 0. The van der Waals surface area contributed by atoms with Gasteiger partial charge in [-0.15, -0.1) is 0 Å². The molecule has 1 aromatic rings. The molecule has 0 amide bonds. The van der Waals surface area contributed by atoms with E-state index in [1.165, 1.54) is 0 Å². The zero-order valence-corrected chi connectivity index (χ0v) is 11.9. The van der Waals surface area contributed by atoms with Gasteiger partial charge in [-0.05, 0) is 55.9 Å². The Morgan fingerprint density at radius 3 is 2.44 bits per heavy atom. The largest absolute Gasteiger partial charge is 0.354 e. The zero-order valence-electron chi connectivity index (χ0n) is 10.3. The van der Waals surface area contributed by atoms with Crippen LogP contribution >= 0.6 is 23.8 Å². The van der Waals surface area contributed by atoms with Gasteiger partial charge in [0.1, 0.15) is 0 Å². The Hall–Kier alpha value is -1.32. The topological polar surface area (TPSA) is 24.1 Å². The summed E-state index contributed by atoms with van der Waals surface area (Å²) in [7, 11) is 0. The summed E-state index contributed by atoms with van der Waals surface area (Å²) in [5.74, 6) is 0. The standard InChI is InChI=1S/C14H15ClN2S/c1-14(2)9-12(16-13(18)17-14)8-5-10-3-6-11(15)7-4-10/h3-9H,1-2H3,(H2,16,17,18)/b8-5+. The maximum atomic E-state index is 5.84. The van der Waals surface area contributed by atoms with Gasteiger partial charge in [0.05, 0.1) is 5.54 Å². The van der Waals surface area contributed by atoms with Gasteiger partial charge in [-0.3, -0.25) is 0 Å². The molecule has 2 rings (SSSR count). The van der Waals surface area contributed by atoms with E-state index < -0.39 is 0 Å². The SMILES string of the molecule is CC1(C)C=C(/C=C/c2ccc(Cl)cc2)NC(=S)N1. The third-order valence-corrected chi connectivity index (χ3v) is 2.99. The highest BCUT2D eigenvalue weighted by molar-refractivity contribution is 7.80. The first-order chi connectivity index (χ1) is 8.44. The lowest BCUT2D eigenvalue weighted by atomic mass is 10.0. The third kappa shape index (κ3) is 3.59. The summed E-state index contributed by atoms with van der Waals surface area (Å²) in [5, 5.41) is 7.70. The van der Waals surface area contributed by atoms with Crippen molar-refractivity contribution >= 4 is 35.0 Å². The second-order valence-electron chi connectivity index (χ2n) is 4.79. The second kappa shape index (κ2) is 5.12. The first-order valence-corrected chi connectivity index (χ1v) is 6.49. The van der Waals surface area contributed by atoms with Gasteiger partial charge in [-0.25, -0.2) is 0 Å². The van der Waals surface area contributed by atoms with Gasteiger partial charge in [0.25, 0.3) is 0 Å². The fourth-order valence-corrected chi connectivity index (χ4v) is 2.27. The molecule has 0 fully saturated rings. The predicted octanol–water partition coefficient (Wildman–Crippen LogP) is 3.49. The molecule has 2 nitrogen and oxygen atoms in total. The van der Waals surface area contributed by atoms with Crippen LogP contribution in [-0.4, -0.2) is 10.7 Å². The van der Waals surface area contributed by atoms with E-state index in [0.29, 0.717) is 5.11 Å². The summed E-state index contributed by atoms with van der Waals surface area (Å²) >= 11 is 11.0. The Labute approximate surface area is 118 Å². The monoisotopic (exact) mass is 278 g/mol. The molecule has 1 aliphatic heterocycles. The van der Waals surface area contributed by atoms with Crippen LogP contribution in [0.4, 0.5) is 0 Å². The van der Waals surface area contributed by atoms with E-state index in [4.69, 9.17) is 23.8 Å². The fourth-order valence-electron chi connectivity index (χ4n) is 1.77. The van der Waals surface area contributed by atoms with Crippen LogP contribution in [0.5, 0.6) is 0 Å². The van der Waals surface area contributed by atoms with Crippen LogP contribution in [0.3, 0.4) is 0 Å². The lowest BCUT2D eigenvalue weighted by molar-refractivity contribution is 0.555. The molecule has 1 aromatic carbocycles. The van der Waals surface area contributed by atoms with Crippen LogP contribution in [0.25, 0.3) is 6.08 Å². The first kappa shape index (κ1) is 13.1. The Morgan fingerprint density at radius 1 is 1.17 bits per heavy atom. The van der Waals surface area contributed by atoms with Crippen molar-refractivity contribution in [2.24, 2.45) is 0 Å². The van der Waals surface area contributed by atoms with Crippen molar-refractivity contribution in [2.45, 2.75) is 19.4 Å². The average Bonchev–Trinajstić information content (AvgIpc) is 2.25. The van der Waals surface area contributed by atoms with Crippen molar-refractivity contribution in [2.75, 3.05) is 0 Å². The number of halogens is 1. The molecule has 2 N–H and O–H groups in total. The second-order valence-corrected chi connectivity index (χ2v) is 5.63. The fraction of sp³-hybridized carbons (Fsp3) is 0.214. The number of hydrogen-bond donors (Lipinski definition) is 2. The van der Waals surface area contributed by atoms with E-state index in [2.05, 4.69) is 30.6 Å². The summed E-state index contributed by atoms with van der Waals surface area (Å²) in [6.45, 7) is 4.16. The van der Waals surface area contributed by atoms with Gasteiger partial charge in [0, 0.05) is 10.7 Å². The van der Waals surface area contributed by atoms with Crippen LogP contribution in [0.15, 0.2) is 42.1 Å². The minimum atomic E-state index is -0.123. The molecule has 0 unspecified atom stereocenters. The molecule has 1 aliphatic rings. The highest BCUT2D eigenvalue weighted by Gasteiger charge is 2.20. The van der Waals surface area contributed by atoms with E-state index in [1.54, 1.807) is 0 Å². The summed E-state index contributed by atoms with van der Waals surface area (Å²) in [6.07, 6.45) is 6.15. The first-order valence-electron chi connectivity index (χ1n) is 5.70. The van der Waals surface area contributed by atoms with E-state index in [9.17, 15) is 0 Å². The van der Waals surface area contributed by atoms with Crippen LogP contribution in [0.2, 0.25) is 5.02 Å². The maximum absolute atomic E-state index is 5.84. The van der Waals surface area contributed by atoms with Crippen molar-refractivity contribution in [3.05, 3.63) is 52.7 Å². The molecular weight excluding hydrogens is 264 g/mol. The minimum absolute atomic E-state index is 0.123. The van der Waals surface area contributed by atoms with E-state index >= 15 is 0 Å². The number of nitrogens with one attached hydrogen (secondary N) is 2. The molecule has 0 atom stereocenters. The molecule has 0 radical (unpaired) electrons. The van der Waals surface area contributed by atoms with Crippen molar-refractivity contribution in [1.82, 2.24) is 10.6 Å². The van der Waals surface area contributed by atoms with E-state index in [0.717, 1.165) is 16.3 Å². The number of thiocarbonyl (C=S) groups is 1. The predicted molar refractivity (Wildman–Crippen MR) is 81.5 cm³/mol. The summed E-state index contributed by atoms with van der Waals surface area (Å²) < 4.78 is 0. The van der Waals surface area contributed by atoms with Gasteiger partial charge >= 0.3 is 0 Å². The molecule has 0 spiro atoms. The molecular formula is C14H15ClN2S. The number of hydrogen-bond acceptors (Lipinski definition) is 1. The molecule has 4 heteroatoms. The number of allylic oxidation sites excluding steroid dienone is 1. The van der Waals surface area contributed by atoms with Crippen molar-refractivity contribution in [3.8, 4) is 0 Å². The van der Waals surface area contributed by atoms with E-state index in [-0.39, 0.29) is 5.54 Å². The zero-order chi connectivity index (χ0) is 13.2.